The van der Waals surface area contributed by atoms with Gasteiger partial charge < -0.3 is 9.80 Å². The Hall–Kier alpha value is -1.55. The maximum absolute atomic E-state index is 12.8. The Morgan fingerprint density at radius 1 is 1.07 bits per heavy atom. The van der Waals surface area contributed by atoms with Gasteiger partial charge in [-0.1, -0.05) is 24.6 Å². The molecular formula is C25H37N3O. The molecule has 0 N–H and O–H groups in total. The molecule has 2 heterocycles. The van der Waals surface area contributed by atoms with E-state index in [1.165, 1.54) is 70.1 Å². The number of hydrogen-bond acceptors (Lipinski definition) is 2. The van der Waals surface area contributed by atoms with Crippen molar-refractivity contribution in [2.75, 3.05) is 45.2 Å². The van der Waals surface area contributed by atoms with Crippen LogP contribution in [0.2, 0.25) is 0 Å². The molecular weight excluding hydrogens is 358 g/mol. The van der Waals surface area contributed by atoms with Crippen molar-refractivity contribution in [3.05, 3.63) is 29.8 Å². The maximum atomic E-state index is 12.8. The summed E-state index contributed by atoms with van der Waals surface area (Å²) in [6, 6.07) is 8.86. The highest BCUT2D eigenvalue weighted by Gasteiger charge is 2.43. The molecule has 0 aromatic heterocycles. The number of piperidine rings is 1. The van der Waals surface area contributed by atoms with Gasteiger partial charge in [0.1, 0.15) is 0 Å². The van der Waals surface area contributed by atoms with Crippen molar-refractivity contribution in [2.24, 2.45) is 17.8 Å². The second-order valence-electron chi connectivity index (χ2n) is 10.5. The number of rotatable bonds is 2. The number of carbonyl (C=O) groups excluding carboxylic acids is 1. The molecule has 29 heavy (non-hydrogen) atoms. The molecule has 158 valence electrons. The summed E-state index contributed by atoms with van der Waals surface area (Å²) in [5, 5.41) is 0. The van der Waals surface area contributed by atoms with Crippen molar-refractivity contribution >= 4 is 11.7 Å². The third kappa shape index (κ3) is 3.48. The van der Waals surface area contributed by atoms with Gasteiger partial charge in [-0.05, 0) is 92.8 Å². The van der Waals surface area contributed by atoms with E-state index in [1.807, 2.05) is 19.0 Å². The van der Waals surface area contributed by atoms with Crippen molar-refractivity contribution in [3.8, 4) is 0 Å². The van der Waals surface area contributed by atoms with Crippen LogP contribution in [0.1, 0.15) is 56.9 Å². The predicted molar refractivity (Wildman–Crippen MR) is 118 cm³/mol. The summed E-state index contributed by atoms with van der Waals surface area (Å²) in [7, 11) is 3.72. The molecule has 3 unspecified atom stereocenters. The summed E-state index contributed by atoms with van der Waals surface area (Å²) in [4.78, 5) is 19.3. The third-order valence-corrected chi connectivity index (χ3v) is 8.61. The van der Waals surface area contributed by atoms with E-state index in [9.17, 15) is 4.79 Å². The lowest BCUT2D eigenvalue weighted by atomic mass is 9.69. The van der Waals surface area contributed by atoms with Gasteiger partial charge in [0, 0.05) is 32.9 Å². The molecule has 2 aliphatic heterocycles. The average molecular weight is 396 g/mol. The lowest BCUT2D eigenvalue weighted by molar-refractivity contribution is 0.119. The van der Waals surface area contributed by atoms with Crippen LogP contribution < -0.4 is 4.90 Å². The highest BCUT2D eigenvalue weighted by atomic mass is 16.2. The summed E-state index contributed by atoms with van der Waals surface area (Å²) in [6.45, 7) is 4.63. The second-order valence-corrected chi connectivity index (χ2v) is 10.5. The molecule has 3 atom stereocenters. The molecule has 2 bridgehead atoms. The molecule has 2 amide bonds. The number of carbonyl (C=O) groups is 1. The van der Waals surface area contributed by atoms with Crippen LogP contribution in [0.3, 0.4) is 0 Å². The normalized spacial score (nSPS) is 31.0. The smallest absolute Gasteiger partial charge is 0.323 e. The largest absolute Gasteiger partial charge is 0.330 e. The summed E-state index contributed by atoms with van der Waals surface area (Å²) in [6.07, 6.45) is 10.8. The van der Waals surface area contributed by atoms with Gasteiger partial charge in [0.05, 0.1) is 0 Å². The molecule has 1 aromatic rings. The van der Waals surface area contributed by atoms with Crippen molar-refractivity contribution < 1.29 is 4.79 Å². The van der Waals surface area contributed by atoms with Crippen LogP contribution in [-0.4, -0.2) is 56.1 Å². The van der Waals surface area contributed by atoms with Crippen LogP contribution in [-0.2, 0) is 5.41 Å². The molecule has 1 spiro atoms. The van der Waals surface area contributed by atoms with Gasteiger partial charge in [-0.3, -0.25) is 4.90 Å². The number of likely N-dealkylation sites (tertiary alicyclic amines) is 1. The fraction of sp³-hybridized carbons (Fsp3) is 0.720. The van der Waals surface area contributed by atoms with Crippen LogP contribution in [0.4, 0.5) is 10.5 Å². The van der Waals surface area contributed by atoms with Gasteiger partial charge in [0.2, 0.25) is 0 Å². The van der Waals surface area contributed by atoms with Crippen LogP contribution >= 0.6 is 0 Å². The zero-order chi connectivity index (χ0) is 20.0. The Kier molecular flexibility index (Phi) is 5.09. The van der Waals surface area contributed by atoms with Gasteiger partial charge in [0.25, 0.3) is 0 Å². The first-order chi connectivity index (χ1) is 14.1. The number of amides is 2. The summed E-state index contributed by atoms with van der Waals surface area (Å²) < 4.78 is 0. The van der Waals surface area contributed by atoms with Crippen LogP contribution in [0, 0.1) is 17.8 Å². The van der Waals surface area contributed by atoms with Crippen molar-refractivity contribution in [1.29, 1.82) is 0 Å². The van der Waals surface area contributed by atoms with Crippen LogP contribution in [0.25, 0.3) is 0 Å². The van der Waals surface area contributed by atoms with E-state index in [2.05, 4.69) is 29.2 Å². The molecule has 4 aliphatic rings. The highest BCUT2D eigenvalue weighted by molar-refractivity contribution is 5.93. The quantitative estimate of drug-likeness (QED) is 0.723. The van der Waals surface area contributed by atoms with Gasteiger partial charge in [0.15, 0.2) is 0 Å². The number of benzene rings is 1. The fourth-order valence-corrected chi connectivity index (χ4v) is 7.04. The molecule has 4 nitrogen and oxygen atoms in total. The van der Waals surface area contributed by atoms with Gasteiger partial charge in [-0.25, -0.2) is 4.79 Å². The zero-order valence-electron chi connectivity index (χ0n) is 18.3. The highest BCUT2D eigenvalue weighted by Crippen LogP contribution is 2.50. The number of hydrogen-bond donors (Lipinski definition) is 0. The minimum absolute atomic E-state index is 0.114. The van der Waals surface area contributed by atoms with Gasteiger partial charge in [-0.15, -0.1) is 0 Å². The Balaban J connectivity index is 1.32. The lowest BCUT2D eigenvalue weighted by Crippen LogP contribution is -2.45. The van der Waals surface area contributed by atoms with Gasteiger partial charge >= 0.3 is 6.03 Å². The van der Waals surface area contributed by atoms with Crippen molar-refractivity contribution in [1.82, 2.24) is 9.80 Å². The van der Waals surface area contributed by atoms with Gasteiger partial charge in [-0.2, -0.15) is 0 Å². The number of para-hydroxylation sites is 1. The van der Waals surface area contributed by atoms with Crippen LogP contribution in [0.5, 0.6) is 0 Å². The van der Waals surface area contributed by atoms with Crippen molar-refractivity contribution in [3.63, 3.8) is 0 Å². The molecule has 4 heteroatoms. The first-order valence-electron chi connectivity index (χ1n) is 11.9. The lowest BCUT2D eigenvalue weighted by Gasteiger charge is -2.44. The van der Waals surface area contributed by atoms with E-state index in [1.54, 1.807) is 4.90 Å². The molecule has 2 aliphatic carbocycles. The molecule has 0 radical (unpaired) electrons. The molecule has 1 saturated heterocycles. The first kappa shape index (κ1) is 19.4. The molecule has 5 rings (SSSR count). The Bertz CT molecular complexity index is 752. The summed E-state index contributed by atoms with van der Waals surface area (Å²) >= 11 is 0. The number of anilines is 1. The maximum Gasteiger partial charge on any atom is 0.323 e. The van der Waals surface area contributed by atoms with Crippen LogP contribution in [0.15, 0.2) is 24.3 Å². The number of fused-ring (bicyclic) bond motifs is 4. The fourth-order valence-electron chi connectivity index (χ4n) is 7.04. The Labute approximate surface area is 176 Å². The monoisotopic (exact) mass is 395 g/mol. The van der Waals surface area contributed by atoms with Crippen molar-refractivity contribution in [2.45, 2.75) is 56.8 Å². The minimum atomic E-state index is 0.114. The molecule has 2 saturated carbocycles. The number of urea groups is 1. The average Bonchev–Trinajstić information content (AvgIpc) is 3.31. The molecule has 3 fully saturated rings. The number of nitrogens with zero attached hydrogens (tertiary/aromatic N) is 3. The standard InChI is InChI=1S/C25H37N3O/c1-26(2)24(29)28-13-5-10-25(22-6-3-4-7-23(22)28)11-14-27(15-12-25)18-21-17-19-8-9-20(21)16-19/h3-4,6-7,19-21H,5,8-18H2,1-2H3. The second kappa shape index (κ2) is 7.61. The minimum Gasteiger partial charge on any atom is -0.330 e. The zero-order valence-corrected chi connectivity index (χ0v) is 18.3. The SMILES string of the molecule is CN(C)C(=O)N1CCCC2(CCN(CC3CC4CCC3C4)CC2)c2ccccc21. The van der Waals surface area contributed by atoms with E-state index >= 15 is 0 Å². The van der Waals surface area contributed by atoms with E-state index in [0.717, 1.165) is 36.4 Å². The summed E-state index contributed by atoms with van der Waals surface area (Å²) in [5.74, 6) is 3.05. The predicted octanol–water partition coefficient (Wildman–Crippen LogP) is 4.74. The Morgan fingerprint density at radius 2 is 1.86 bits per heavy atom. The molecule has 1 aromatic carbocycles. The summed E-state index contributed by atoms with van der Waals surface area (Å²) in [5.41, 5.74) is 2.83. The third-order valence-electron chi connectivity index (χ3n) is 8.61. The topological polar surface area (TPSA) is 26.8 Å². The van der Waals surface area contributed by atoms with E-state index in [0.29, 0.717) is 0 Å². The van der Waals surface area contributed by atoms with E-state index in [4.69, 9.17) is 0 Å². The van der Waals surface area contributed by atoms with E-state index < -0.39 is 0 Å². The van der Waals surface area contributed by atoms with E-state index in [-0.39, 0.29) is 11.4 Å². The Morgan fingerprint density at radius 3 is 2.55 bits per heavy atom. The first-order valence-corrected chi connectivity index (χ1v) is 11.9.